The van der Waals surface area contributed by atoms with Crippen LogP contribution in [-0.4, -0.2) is 39.3 Å². The minimum atomic E-state index is -0.685. The van der Waals surface area contributed by atoms with Crippen LogP contribution in [0.4, 0.5) is 5.69 Å². The van der Waals surface area contributed by atoms with Gasteiger partial charge in [0.1, 0.15) is 6.33 Å². The predicted molar refractivity (Wildman–Crippen MR) is 90.9 cm³/mol. The van der Waals surface area contributed by atoms with Crippen molar-refractivity contribution in [3.05, 3.63) is 54.9 Å². The highest BCUT2D eigenvalue weighted by Crippen LogP contribution is 2.27. The third-order valence-corrected chi connectivity index (χ3v) is 3.49. The molecule has 8 nitrogen and oxygen atoms in total. The van der Waals surface area contributed by atoms with Crippen LogP contribution < -0.4 is 14.8 Å². The molecule has 0 saturated carbocycles. The normalized spacial score (nSPS) is 11.6. The lowest BCUT2D eigenvalue weighted by molar-refractivity contribution is -0.122. The van der Waals surface area contributed by atoms with E-state index >= 15 is 0 Å². The molecule has 25 heavy (non-hydrogen) atoms. The quantitative estimate of drug-likeness (QED) is 0.739. The fourth-order valence-corrected chi connectivity index (χ4v) is 2.18. The van der Waals surface area contributed by atoms with Gasteiger partial charge in [-0.15, -0.1) is 5.10 Å². The number of nitrogens with zero attached hydrogens (tertiary/aromatic N) is 4. The lowest BCUT2D eigenvalue weighted by atomic mass is 10.2. The van der Waals surface area contributed by atoms with Gasteiger partial charge in [-0.25, -0.2) is 4.68 Å². The van der Waals surface area contributed by atoms with E-state index in [0.29, 0.717) is 17.2 Å². The highest BCUT2D eigenvalue weighted by molar-refractivity contribution is 5.94. The average Bonchev–Trinajstić information content (AvgIpc) is 3.17. The first-order valence-corrected chi connectivity index (χ1v) is 7.61. The van der Waals surface area contributed by atoms with Crippen molar-refractivity contribution in [2.45, 2.75) is 13.0 Å². The SMILES string of the molecule is COc1ccccc1OC(C)C(=O)Nc1ccc(-n2cnnn2)cc1. The smallest absolute Gasteiger partial charge is 0.265 e. The monoisotopic (exact) mass is 339 g/mol. The second-order valence-corrected chi connectivity index (χ2v) is 5.20. The number of nitrogens with one attached hydrogen (secondary N) is 1. The van der Waals surface area contributed by atoms with Gasteiger partial charge in [-0.1, -0.05) is 12.1 Å². The molecule has 1 N–H and O–H groups in total. The summed E-state index contributed by atoms with van der Waals surface area (Å²) >= 11 is 0. The number of rotatable bonds is 6. The van der Waals surface area contributed by atoms with E-state index in [2.05, 4.69) is 20.8 Å². The Balaban J connectivity index is 1.63. The molecule has 0 bridgehead atoms. The number of hydrogen-bond donors (Lipinski definition) is 1. The number of benzene rings is 2. The van der Waals surface area contributed by atoms with Gasteiger partial charge in [0.15, 0.2) is 17.6 Å². The number of tetrazole rings is 1. The molecule has 0 fully saturated rings. The van der Waals surface area contributed by atoms with Gasteiger partial charge in [-0.3, -0.25) is 4.79 Å². The summed E-state index contributed by atoms with van der Waals surface area (Å²) in [6.07, 6.45) is 0.812. The van der Waals surface area contributed by atoms with Crippen LogP contribution in [-0.2, 0) is 4.79 Å². The van der Waals surface area contributed by atoms with Gasteiger partial charge in [0.2, 0.25) is 0 Å². The number of ether oxygens (including phenoxy) is 2. The van der Waals surface area contributed by atoms with E-state index in [4.69, 9.17) is 9.47 Å². The fraction of sp³-hybridized carbons (Fsp3) is 0.176. The molecule has 1 aromatic heterocycles. The zero-order valence-electron chi connectivity index (χ0n) is 13.8. The van der Waals surface area contributed by atoms with Crippen LogP contribution in [0.3, 0.4) is 0 Å². The molecule has 1 unspecified atom stereocenters. The molecule has 0 aliphatic carbocycles. The number of anilines is 1. The zero-order chi connectivity index (χ0) is 17.6. The van der Waals surface area contributed by atoms with E-state index in [1.807, 2.05) is 12.1 Å². The lowest BCUT2D eigenvalue weighted by Gasteiger charge is -2.16. The van der Waals surface area contributed by atoms with E-state index < -0.39 is 6.10 Å². The van der Waals surface area contributed by atoms with Gasteiger partial charge in [0, 0.05) is 5.69 Å². The van der Waals surface area contributed by atoms with E-state index in [1.165, 1.54) is 11.0 Å². The molecule has 0 radical (unpaired) electrons. The van der Waals surface area contributed by atoms with Crippen molar-refractivity contribution in [1.29, 1.82) is 0 Å². The van der Waals surface area contributed by atoms with Gasteiger partial charge in [0.25, 0.3) is 5.91 Å². The molecule has 0 aliphatic rings. The minimum Gasteiger partial charge on any atom is -0.493 e. The van der Waals surface area contributed by atoms with Crippen LogP contribution in [0.5, 0.6) is 11.5 Å². The van der Waals surface area contributed by atoms with Crippen molar-refractivity contribution in [2.24, 2.45) is 0 Å². The van der Waals surface area contributed by atoms with Crippen LogP contribution in [0.2, 0.25) is 0 Å². The van der Waals surface area contributed by atoms with Crippen molar-refractivity contribution < 1.29 is 14.3 Å². The molecule has 1 heterocycles. The van der Waals surface area contributed by atoms with Crippen LogP contribution in [0.1, 0.15) is 6.92 Å². The van der Waals surface area contributed by atoms with Crippen molar-refractivity contribution in [1.82, 2.24) is 20.2 Å². The molecular formula is C17H17N5O3. The van der Waals surface area contributed by atoms with Gasteiger partial charge in [-0.05, 0) is 53.7 Å². The average molecular weight is 339 g/mol. The lowest BCUT2D eigenvalue weighted by Crippen LogP contribution is -2.30. The molecule has 128 valence electrons. The van der Waals surface area contributed by atoms with Crippen molar-refractivity contribution in [3.63, 3.8) is 0 Å². The Morgan fingerprint density at radius 1 is 1.12 bits per heavy atom. The maximum atomic E-state index is 12.3. The topological polar surface area (TPSA) is 91.2 Å². The third kappa shape index (κ3) is 3.92. The summed E-state index contributed by atoms with van der Waals surface area (Å²) < 4.78 is 12.4. The Kier molecular flexibility index (Phi) is 4.89. The summed E-state index contributed by atoms with van der Waals surface area (Å²) in [6.45, 7) is 1.68. The molecule has 0 spiro atoms. The fourth-order valence-electron chi connectivity index (χ4n) is 2.18. The maximum absolute atomic E-state index is 12.3. The first kappa shape index (κ1) is 16.4. The first-order valence-electron chi connectivity index (χ1n) is 7.61. The van der Waals surface area contributed by atoms with Gasteiger partial charge in [0.05, 0.1) is 12.8 Å². The van der Waals surface area contributed by atoms with Crippen molar-refractivity contribution in [3.8, 4) is 17.2 Å². The summed E-state index contributed by atoms with van der Waals surface area (Å²) in [7, 11) is 1.55. The number of hydrogen-bond acceptors (Lipinski definition) is 6. The number of amides is 1. The number of aromatic nitrogens is 4. The Morgan fingerprint density at radius 2 is 1.84 bits per heavy atom. The molecule has 1 amide bonds. The van der Waals surface area contributed by atoms with E-state index in [9.17, 15) is 4.79 Å². The van der Waals surface area contributed by atoms with Crippen LogP contribution in [0.25, 0.3) is 5.69 Å². The van der Waals surface area contributed by atoms with E-state index in [0.717, 1.165) is 5.69 Å². The molecule has 1 atom stereocenters. The Hall–Kier alpha value is -3.42. The number of carbonyl (C=O) groups excluding carboxylic acids is 1. The summed E-state index contributed by atoms with van der Waals surface area (Å²) in [5, 5.41) is 13.8. The highest BCUT2D eigenvalue weighted by Gasteiger charge is 2.16. The van der Waals surface area contributed by atoms with Gasteiger partial charge in [-0.2, -0.15) is 0 Å². The minimum absolute atomic E-state index is 0.263. The molecule has 0 saturated heterocycles. The molecule has 0 aliphatic heterocycles. The molecular weight excluding hydrogens is 322 g/mol. The summed E-state index contributed by atoms with van der Waals surface area (Å²) in [6, 6.07) is 14.3. The number of methoxy groups -OCH3 is 1. The number of carbonyl (C=O) groups is 1. The van der Waals surface area contributed by atoms with Crippen LogP contribution in [0, 0.1) is 0 Å². The largest absolute Gasteiger partial charge is 0.493 e. The number of para-hydroxylation sites is 2. The summed E-state index contributed by atoms with van der Waals surface area (Å²) in [4.78, 5) is 12.3. The van der Waals surface area contributed by atoms with Crippen LogP contribution in [0.15, 0.2) is 54.9 Å². The standard InChI is InChI=1S/C17H17N5O3/c1-12(25-16-6-4-3-5-15(16)24-2)17(23)19-13-7-9-14(10-8-13)22-11-18-20-21-22/h3-12H,1-2H3,(H,19,23). The van der Waals surface area contributed by atoms with Crippen molar-refractivity contribution in [2.75, 3.05) is 12.4 Å². The third-order valence-electron chi connectivity index (χ3n) is 3.49. The van der Waals surface area contributed by atoms with E-state index in [-0.39, 0.29) is 5.91 Å². The molecule has 8 heteroatoms. The van der Waals surface area contributed by atoms with Crippen molar-refractivity contribution >= 4 is 11.6 Å². The predicted octanol–water partition coefficient (Wildman–Crippen LogP) is 2.08. The Morgan fingerprint density at radius 3 is 2.48 bits per heavy atom. The zero-order valence-corrected chi connectivity index (χ0v) is 13.8. The summed E-state index contributed by atoms with van der Waals surface area (Å²) in [5.74, 6) is 0.829. The van der Waals surface area contributed by atoms with Gasteiger partial charge >= 0.3 is 0 Å². The Bertz CT molecular complexity index is 834. The first-order chi connectivity index (χ1) is 12.2. The van der Waals surface area contributed by atoms with Crippen LogP contribution >= 0.6 is 0 Å². The Labute approximate surface area is 144 Å². The highest BCUT2D eigenvalue weighted by atomic mass is 16.5. The maximum Gasteiger partial charge on any atom is 0.265 e. The summed E-state index contributed by atoms with van der Waals surface area (Å²) in [5.41, 5.74) is 1.44. The molecule has 2 aromatic carbocycles. The van der Waals surface area contributed by atoms with E-state index in [1.54, 1.807) is 50.4 Å². The second-order valence-electron chi connectivity index (χ2n) is 5.20. The van der Waals surface area contributed by atoms with Gasteiger partial charge < -0.3 is 14.8 Å². The molecule has 3 aromatic rings. The molecule has 3 rings (SSSR count). The second kappa shape index (κ2) is 7.43.